The van der Waals surface area contributed by atoms with E-state index in [1.54, 1.807) is 0 Å². The molecule has 3 N–H and O–H groups in total. The highest BCUT2D eigenvalue weighted by molar-refractivity contribution is 5.78. The Kier molecular flexibility index (Phi) is 4.58. The number of carbonyl (C=O) groups is 2. The van der Waals surface area contributed by atoms with Crippen LogP contribution in [-0.4, -0.2) is 29.2 Å². The molecule has 0 aromatic rings. The van der Waals surface area contributed by atoms with Crippen molar-refractivity contribution in [3.05, 3.63) is 0 Å². The zero-order valence-electron chi connectivity index (χ0n) is 9.82. The van der Waals surface area contributed by atoms with E-state index in [1.807, 2.05) is 13.8 Å². The summed E-state index contributed by atoms with van der Waals surface area (Å²) in [6.45, 7) is 3.74. The van der Waals surface area contributed by atoms with Crippen LogP contribution in [0.5, 0.6) is 0 Å². The van der Waals surface area contributed by atoms with Crippen LogP contribution >= 0.6 is 0 Å². The van der Waals surface area contributed by atoms with Crippen molar-refractivity contribution in [3.8, 4) is 0 Å². The number of hydrogen-bond donors (Lipinski definition) is 3. The summed E-state index contributed by atoms with van der Waals surface area (Å²) in [6, 6.07) is 0.256. The van der Waals surface area contributed by atoms with E-state index < -0.39 is 6.09 Å². The summed E-state index contributed by atoms with van der Waals surface area (Å²) < 4.78 is 0. The minimum absolute atomic E-state index is 0.00914. The van der Waals surface area contributed by atoms with Gasteiger partial charge in [-0.15, -0.1) is 0 Å². The van der Waals surface area contributed by atoms with Crippen molar-refractivity contribution in [1.82, 2.24) is 10.6 Å². The second kappa shape index (κ2) is 5.72. The second-order valence-corrected chi connectivity index (χ2v) is 4.66. The van der Waals surface area contributed by atoms with E-state index in [1.165, 1.54) is 0 Å². The van der Waals surface area contributed by atoms with Crippen LogP contribution in [0.1, 0.15) is 39.5 Å². The average Bonchev–Trinajstić information content (AvgIpc) is 2.20. The van der Waals surface area contributed by atoms with E-state index in [0.717, 1.165) is 25.7 Å². The van der Waals surface area contributed by atoms with Gasteiger partial charge in [0.15, 0.2) is 0 Å². The molecule has 1 rings (SSSR count). The molecule has 16 heavy (non-hydrogen) atoms. The molecule has 1 saturated carbocycles. The molecule has 0 aromatic carbocycles. The zero-order chi connectivity index (χ0) is 12.1. The highest BCUT2D eigenvalue weighted by atomic mass is 16.4. The van der Waals surface area contributed by atoms with Crippen LogP contribution < -0.4 is 10.6 Å². The van der Waals surface area contributed by atoms with Gasteiger partial charge in [-0.3, -0.25) is 4.79 Å². The van der Waals surface area contributed by atoms with Crippen LogP contribution in [0.3, 0.4) is 0 Å². The smallest absolute Gasteiger partial charge is 0.404 e. The topological polar surface area (TPSA) is 78.4 Å². The number of rotatable bonds is 3. The van der Waals surface area contributed by atoms with E-state index in [4.69, 9.17) is 5.11 Å². The molecule has 5 nitrogen and oxygen atoms in total. The normalized spacial score (nSPS) is 25.2. The van der Waals surface area contributed by atoms with Gasteiger partial charge in [-0.2, -0.15) is 0 Å². The van der Waals surface area contributed by atoms with E-state index in [-0.39, 0.29) is 23.9 Å². The van der Waals surface area contributed by atoms with E-state index >= 15 is 0 Å². The standard InChI is InChI=1S/C11H20N2O3/c1-7(2)10(14)12-8-3-5-9(6-4-8)13-11(15)16/h7-9,13H,3-6H2,1-2H3,(H,12,14)(H,15,16). The molecule has 0 saturated heterocycles. The maximum Gasteiger partial charge on any atom is 0.404 e. The first kappa shape index (κ1) is 12.8. The summed E-state index contributed by atoms with van der Waals surface area (Å²) in [5.74, 6) is 0.0875. The fourth-order valence-corrected chi connectivity index (χ4v) is 1.92. The summed E-state index contributed by atoms with van der Waals surface area (Å²) in [5, 5.41) is 14.0. The van der Waals surface area contributed by atoms with Crippen molar-refractivity contribution in [1.29, 1.82) is 0 Å². The lowest BCUT2D eigenvalue weighted by Crippen LogP contribution is -2.44. The highest BCUT2D eigenvalue weighted by Gasteiger charge is 2.23. The SMILES string of the molecule is CC(C)C(=O)NC1CCC(NC(=O)O)CC1. The Morgan fingerprint density at radius 1 is 1.06 bits per heavy atom. The minimum atomic E-state index is -0.963. The molecule has 1 fully saturated rings. The second-order valence-electron chi connectivity index (χ2n) is 4.66. The number of hydrogen-bond acceptors (Lipinski definition) is 2. The molecule has 1 aliphatic rings. The quantitative estimate of drug-likeness (QED) is 0.682. The summed E-state index contributed by atoms with van der Waals surface area (Å²) in [6.07, 6.45) is 2.34. The fourth-order valence-electron chi connectivity index (χ4n) is 1.92. The lowest BCUT2D eigenvalue weighted by atomic mass is 9.91. The van der Waals surface area contributed by atoms with Crippen molar-refractivity contribution < 1.29 is 14.7 Å². The fraction of sp³-hybridized carbons (Fsp3) is 0.818. The van der Waals surface area contributed by atoms with Gasteiger partial charge in [0.25, 0.3) is 0 Å². The maximum absolute atomic E-state index is 11.4. The van der Waals surface area contributed by atoms with Crippen LogP contribution in [0, 0.1) is 5.92 Å². The van der Waals surface area contributed by atoms with Crippen molar-refractivity contribution in [2.75, 3.05) is 0 Å². The Morgan fingerprint density at radius 3 is 1.88 bits per heavy atom. The third-order valence-corrected chi connectivity index (χ3v) is 2.93. The van der Waals surface area contributed by atoms with Gasteiger partial charge in [0, 0.05) is 18.0 Å². The van der Waals surface area contributed by atoms with Gasteiger partial charge in [-0.05, 0) is 25.7 Å². The molecule has 2 amide bonds. The first-order chi connectivity index (χ1) is 7.49. The maximum atomic E-state index is 11.4. The summed E-state index contributed by atoms with van der Waals surface area (Å²) in [4.78, 5) is 21.9. The minimum Gasteiger partial charge on any atom is -0.465 e. The average molecular weight is 228 g/mol. The van der Waals surface area contributed by atoms with Crippen molar-refractivity contribution >= 4 is 12.0 Å². The van der Waals surface area contributed by atoms with Crippen molar-refractivity contribution in [2.24, 2.45) is 5.92 Å². The van der Waals surface area contributed by atoms with E-state index in [9.17, 15) is 9.59 Å². The summed E-state index contributed by atoms with van der Waals surface area (Å²) in [7, 11) is 0. The highest BCUT2D eigenvalue weighted by Crippen LogP contribution is 2.18. The van der Waals surface area contributed by atoms with Gasteiger partial charge in [0.2, 0.25) is 5.91 Å². The lowest BCUT2D eigenvalue weighted by Gasteiger charge is -2.29. The molecule has 92 valence electrons. The van der Waals surface area contributed by atoms with Crippen LogP contribution in [0.2, 0.25) is 0 Å². The van der Waals surface area contributed by atoms with Crippen LogP contribution in [0.4, 0.5) is 4.79 Å². The first-order valence-corrected chi connectivity index (χ1v) is 5.79. The Bertz CT molecular complexity index is 258. The van der Waals surface area contributed by atoms with Gasteiger partial charge in [-0.25, -0.2) is 4.79 Å². The number of nitrogens with one attached hydrogen (secondary N) is 2. The number of carbonyl (C=O) groups excluding carboxylic acids is 1. The Labute approximate surface area is 95.6 Å². The lowest BCUT2D eigenvalue weighted by molar-refractivity contribution is -0.124. The predicted molar refractivity (Wildman–Crippen MR) is 60.2 cm³/mol. The molecule has 0 atom stereocenters. The van der Waals surface area contributed by atoms with E-state index in [0.29, 0.717) is 0 Å². The monoisotopic (exact) mass is 228 g/mol. The van der Waals surface area contributed by atoms with Gasteiger partial charge in [0.1, 0.15) is 0 Å². The summed E-state index contributed by atoms with van der Waals surface area (Å²) in [5.41, 5.74) is 0. The Balaban J connectivity index is 2.27. The molecule has 0 spiro atoms. The van der Waals surface area contributed by atoms with Gasteiger partial charge in [0.05, 0.1) is 0 Å². The van der Waals surface area contributed by atoms with E-state index in [2.05, 4.69) is 10.6 Å². The molecule has 0 heterocycles. The Hall–Kier alpha value is -1.26. The molecule has 0 bridgehead atoms. The molecule has 1 aliphatic carbocycles. The third kappa shape index (κ3) is 4.08. The number of carboxylic acid groups (broad SMARTS) is 1. The summed E-state index contributed by atoms with van der Waals surface area (Å²) >= 11 is 0. The largest absolute Gasteiger partial charge is 0.465 e. The molecular formula is C11H20N2O3. The predicted octanol–water partition coefficient (Wildman–Crippen LogP) is 1.34. The van der Waals surface area contributed by atoms with Crippen LogP contribution in [0.15, 0.2) is 0 Å². The molecule has 0 unspecified atom stereocenters. The molecule has 0 radical (unpaired) electrons. The first-order valence-electron chi connectivity index (χ1n) is 5.79. The van der Waals surface area contributed by atoms with Gasteiger partial charge in [-0.1, -0.05) is 13.8 Å². The molecule has 5 heteroatoms. The van der Waals surface area contributed by atoms with Crippen LogP contribution in [0.25, 0.3) is 0 Å². The molecule has 0 aliphatic heterocycles. The van der Waals surface area contributed by atoms with Crippen molar-refractivity contribution in [3.63, 3.8) is 0 Å². The van der Waals surface area contributed by atoms with Gasteiger partial charge < -0.3 is 15.7 Å². The molecule has 0 aromatic heterocycles. The molecular weight excluding hydrogens is 208 g/mol. The van der Waals surface area contributed by atoms with Crippen molar-refractivity contribution in [2.45, 2.75) is 51.6 Å². The number of amides is 2. The Morgan fingerprint density at radius 2 is 1.50 bits per heavy atom. The van der Waals surface area contributed by atoms with Gasteiger partial charge >= 0.3 is 6.09 Å². The van der Waals surface area contributed by atoms with Crippen LogP contribution in [-0.2, 0) is 4.79 Å². The zero-order valence-corrected chi connectivity index (χ0v) is 9.82. The third-order valence-electron chi connectivity index (χ3n) is 2.93.